The number of hydrogen-bond acceptors (Lipinski definition) is 3. The average Bonchev–Trinajstić information content (AvgIpc) is 1.98. The predicted octanol–water partition coefficient (Wildman–Crippen LogP) is 1.72. The van der Waals surface area contributed by atoms with Gasteiger partial charge in [0.2, 0.25) is 0 Å². The largest absolute Gasteiger partial charge is 0.481 e. The molecule has 0 aromatic heterocycles. The van der Waals surface area contributed by atoms with E-state index in [-0.39, 0.29) is 12.5 Å². The first-order valence-electron chi connectivity index (χ1n) is 4.81. The van der Waals surface area contributed by atoms with Crippen LogP contribution in [0.2, 0.25) is 0 Å². The van der Waals surface area contributed by atoms with E-state index in [1.807, 2.05) is 0 Å². The Morgan fingerprint density at radius 3 is 2.20 bits per heavy atom. The summed E-state index contributed by atoms with van der Waals surface area (Å²) in [7, 11) is 1.53. The highest BCUT2D eigenvalue weighted by Crippen LogP contribution is 2.11. The van der Waals surface area contributed by atoms with Crippen LogP contribution in [-0.4, -0.2) is 40.8 Å². The molecule has 0 radical (unpaired) electrons. The Morgan fingerprint density at radius 1 is 1.40 bits per heavy atom. The van der Waals surface area contributed by atoms with Gasteiger partial charge in [-0.05, 0) is 27.7 Å². The highest BCUT2D eigenvalue weighted by molar-refractivity contribution is 5.71. The van der Waals surface area contributed by atoms with Gasteiger partial charge in [-0.15, -0.1) is 0 Å². The molecule has 0 saturated heterocycles. The van der Waals surface area contributed by atoms with Gasteiger partial charge in [-0.2, -0.15) is 0 Å². The molecule has 5 nitrogen and oxygen atoms in total. The van der Waals surface area contributed by atoms with Gasteiger partial charge in [-0.3, -0.25) is 4.79 Å². The van der Waals surface area contributed by atoms with E-state index in [0.717, 1.165) is 0 Å². The van der Waals surface area contributed by atoms with Crippen LogP contribution in [0.25, 0.3) is 0 Å². The molecule has 88 valence electrons. The fourth-order valence-electron chi connectivity index (χ4n) is 0.904. The third kappa shape index (κ3) is 5.93. The van der Waals surface area contributed by atoms with Crippen LogP contribution in [0, 0.1) is 0 Å². The summed E-state index contributed by atoms with van der Waals surface area (Å²) in [6, 6.07) is -0.377. The third-order valence-electron chi connectivity index (χ3n) is 1.81. The van der Waals surface area contributed by atoms with Gasteiger partial charge in [0.1, 0.15) is 5.60 Å². The van der Waals surface area contributed by atoms with Crippen LogP contribution in [0.3, 0.4) is 0 Å². The fraction of sp³-hybridized carbons (Fsp3) is 0.800. The molecule has 15 heavy (non-hydrogen) atoms. The molecular weight excluding hydrogens is 198 g/mol. The average molecular weight is 217 g/mol. The van der Waals surface area contributed by atoms with Crippen molar-refractivity contribution in [3.05, 3.63) is 0 Å². The molecule has 1 atom stereocenters. The molecule has 0 aliphatic heterocycles. The van der Waals surface area contributed by atoms with E-state index < -0.39 is 17.7 Å². The van der Waals surface area contributed by atoms with Gasteiger partial charge in [0.25, 0.3) is 0 Å². The number of carboxylic acid groups (broad SMARTS) is 1. The lowest BCUT2D eigenvalue weighted by atomic mass is 10.2. The molecule has 1 amide bonds. The molecule has 0 rings (SSSR count). The van der Waals surface area contributed by atoms with Gasteiger partial charge < -0.3 is 14.7 Å². The maximum Gasteiger partial charge on any atom is 0.410 e. The molecule has 5 heteroatoms. The molecule has 1 unspecified atom stereocenters. The lowest BCUT2D eigenvalue weighted by molar-refractivity contribution is -0.138. The van der Waals surface area contributed by atoms with Crippen LogP contribution >= 0.6 is 0 Å². The topological polar surface area (TPSA) is 66.8 Å². The highest BCUT2D eigenvalue weighted by Gasteiger charge is 2.23. The van der Waals surface area contributed by atoms with Crippen molar-refractivity contribution in [3.63, 3.8) is 0 Å². The van der Waals surface area contributed by atoms with Gasteiger partial charge in [0.15, 0.2) is 0 Å². The molecule has 1 N–H and O–H groups in total. The smallest absolute Gasteiger partial charge is 0.410 e. The number of aliphatic carboxylic acids is 1. The van der Waals surface area contributed by atoms with Gasteiger partial charge in [0.05, 0.1) is 6.42 Å². The van der Waals surface area contributed by atoms with E-state index >= 15 is 0 Å². The third-order valence-corrected chi connectivity index (χ3v) is 1.81. The zero-order valence-electron chi connectivity index (χ0n) is 9.90. The summed E-state index contributed by atoms with van der Waals surface area (Å²) < 4.78 is 5.10. The van der Waals surface area contributed by atoms with Crippen molar-refractivity contribution >= 4 is 12.1 Å². The molecule has 0 aromatic rings. The van der Waals surface area contributed by atoms with Crippen LogP contribution in [0.1, 0.15) is 34.1 Å². The Kier molecular flexibility index (Phi) is 4.58. The molecule has 0 heterocycles. The fourth-order valence-corrected chi connectivity index (χ4v) is 0.904. The second kappa shape index (κ2) is 5.00. The number of ether oxygens (including phenoxy) is 1. The monoisotopic (exact) mass is 217 g/mol. The highest BCUT2D eigenvalue weighted by atomic mass is 16.6. The first kappa shape index (κ1) is 13.7. The normalized spacial score (nSPS) is 13.1. The van der Waals surface area contributed by atoms with Crippen molar-refractivity contribution in [1.82, 2.24) is 4.90 Å². The summed E-state index contributed by atoms with van der Waals surface area (Å²) >= 11 is 0. The van der Waals surface area contributed by atoms with E-state index in [1.165, 1.54) is 11.9 Å². The Bertz CT molecular complexity index is 244. The second-order valence-electron chi connectivity index (χ2n) is 4.54. The molecule has 0 spiro atoms. The standard InChI is InChI=1S/C10H19NO4/c1-7(6-8(12)13)11(5)9(14)15-10(2,3)4/h7H,6H2,1-5H3,(H,12,13). The van der Waals surface area contributed by atoms with E-state index in [4.69, 9.17) is 9.84 Å². The summed E-state index contributed by atoms with van der Waals surface area (Å²) in [5.74, 6) is -0.932. The lowest BCUT2D eigenvalue weighted by Gasteiger charge is -2.27. The van der Waals surface area contributed by atoms with Gasteiger partial charge in [-0.1, -0.05) is 0 Å². The molecule has 0 aromatic carbocycles. The quantitative estimate of drug-likeness (QED) is 0.781. The van der Waals surface area contributed by atoms with Crippen molar-refractivity contribution in [3.8, 4) is 0 Å². The molecule has 0 aliphatic carbocycles. The molecule has 0 saturated carbocycles. The van der Waals surface area contributed by atoms with Gasteiger partial charge in [-0.25, -0.2) is 4.79 Å². The van der Waals surface area contributed by atoms with Gasteiger partial charge >= 0.3 is 12.1 Å². The zero-order valence-corrected chi connectivity index (χ0v) is 9.90. The van der Waals surface area contributed by atoms with E-state index in [1.54, 1.807) is 27.7 Å². The Hall–Kier alpha value is -1.26. The summed E-state index contributed by atoms with van der Waals surface area (Å²) in [6.45, 7) is 6.96. The summed E-state index contributed by atoms with van der Waals surface area (Å²) in [4.78, 5) is 23.2. The Balaban J connectivity index is 4.25. The first-order valence-corrected chi connectivity index (χ1v) is 4.81. The van der Waals surface area contributed by atoms with E-state index in [9.17, 15) is 9.59 Å². The minimum absolute atomic E-state index is 0.0876. The molecule has 0 aliphatic rings. The van der Waals surface area contributed by atoms with Crippen molar-refractivity contribution in [2.45, 2.75) is 45.8 Å². The van der Waals surface area contributed by atoms with Crippen LogP contribution in [-0.2, 0) is 9.53 Å². The maximum absolute atomic E-state index is 11.5. The number of carbonyl (C=O) groups excluding carboxylic acids is 1. The maximum atomic E-state index is 11.5. The Labute approximate surface area is 90.0 Å². The van der Waals surface area contributed by atoms with E-state index in [0.29, 0.717) is 0 Å². The van der Waals surface area contributed by atoms with Gasteiger partial charge in [0, 0.05) is 13.1 Å². The molecule has 0 bridgehead atoms. The predicted molar refractivity (Wildman–Crippen MR) is 55.7 cm³/mol. The van der Waals surface area contributed by atoms with Crippen molar-refractivity contribution in [2.75, 3.05) is 7.05 Å². The SMILES string of the molecule is CC(CC(=O)O)N(C)C(=O)OC(C)(C)C. The number of nitrogens with zero attached hydrogens (tertiary/aromatic N) is 1. The first-order chi connectivity index (χ1) is 6.63. The van der Waals surface area contributed by atoms with Crippen LogP contribution in [0.5, 0.6) is 0 Å². The van der Waals surface area contributed by atoms with Crippen LogP contribution in [0.15, 0.2) is 0 Å². The zero-order chi connectivity index (χ0) is 12.2. The lowest BCUT2D eigenvalue weighted by Crippen LogP contribution is -2.40. The summed E-state index contributed by atoms with van der Waals surface area (Å²) in [5, 5.41) is 8.57. The Morgan fingerprint density at radius 2 is 1.87 bits per heavy atom. The van der Waals surface area contributed by atoms with Crippen molar-refractivity contribution in [2.24, 2.45) is 0 Å². The van der Waals surface area contributed by atoms with Crippen LogP contribution in [0.4, 0.5) is 4.79 Å². The molecule has 0 fully saturated rings. The van der Waals surface area contributed by atoms with Crippen molar-refractivity contribution < 1.29 is 19.4 Å². The number of carboxylic acids is 1. The minimum Gasteiger partial charge on any atom is -0.481 e. The minimum atomic E-state index is -0.932. The number of rotatable bonds is 3. The summed E-state index contributed by atoms with van der Waals surface area (Å²) in [6.07, 6.45) is -0.591. The van der Waals surface area contributed by atoms with E-state index in [2.05, 4.69) is 0 Å². The second-order valence-corrected chi connectivity index (χ2v) is 4.54. The van der Waals surface area contributed by atoms with Crippen LogP contribution < -0.4 is 0 Å². The number of amides is 1. The molecular formula is C10H19NO4. The number of hydrogen-bond donors (Lipinski definition) is 1. The van der Waals surface area contributed by atoms with Crippen molar-refractivity contribution in [1.29, 1.82) is 0 Å². The number of carbonyl (C=O) groups is 2. The summed E-state index contributed by atoms with van der Waals surface area (Å²) in [5.41, 5.74) is -0.561.